The van der Waals surface area contributed by atoms with Crippen molar-refractivity contribution in [2.75, 3.05) is 0 Å². The van der Waals surface area contributed by atoms with E-state index in [1.165, 1.54) is 6.20 Å². The van der Waals surface area contributed by atoms with Gasteiger partial charge in [-0.2, -0.15) is 5.10 Å². The van der Waals surface area contributed by atoms with Crippen molar-refractivity contribution in [3.63, 3.8) is 0 Å². The first kappa shape index (κ1) is 11.4. The summed E-state index contributed by atoms with van der Waals surface area (Å²) in [5.41, 5.74) is 4.01. The van der Waals surface area contributed by atoms with Gasteiger partial charge in [-0.3, -0.25) is 9.78 Å². The van der Waals surface area contributed by atoms with Crippen LogP contribution in [0.1, 0.15) is 37.0 Å². The number of nitrogens with zero attached hydrogens (tertiary/aromatic N) is 2. The number of carbonyl (C=O) groups is 1. The lowest BCUT2D eigenvalue weighted by molar-refractivity contribution is 0.0954. The number of nitrogens with one attached hydrogen (secondary N) is 1. The maximum absolute atomic E-state index is 11.5. The Labute approximate surface area is 89.4 Å². The lowest BCUT2D eigenvalue weighted by Gasteiger charge is -2.01. The van der Waals surface area contributed by atoms with E-state index in [1.54, 1.807) is 18.3 Å². The minimum atomic E-state index is -0.220. The highest BCUT2D eigenvalue weighted by Gasteiger charge is 2.03. The molecule has 1 aromatic heterocycles. The van der Waals surface area contributed by atoms with Gasteiger partial charge in [0.15, 0.2) is 0 Å². The van der Waals surface area contributed by atoms with Crippen LogP contribution < -0.4 is 5.43 Å². The molecule has 0 unspecified atom stereocenters. The summed E-state index contributed by atoms with van der Waals surface area (Å²) >= 11 is 0. The minimum Gasteiger partial charge on any atom is -0.267 e. The lowest BCUT2D eigenvalue weighted by atomic mass is 10.2. The molecular formula is C11H15N3O. The van der Waals surface area contributed by atoms with Gasteiger partial charge in [-0.1, -0.05) is 13.8 Å². The Bertz CT molecular complexity index is 340. The van der Waals surface area contributed by atoms with Crippen molar-refractivity contribution in [2.24, 2.45) is 5.10 Å². The highest BCUT2D eigenvalue weighted by Crippen LogP contribution is 1.96. The van der Waals surface area contributed by atoms with Gasteiger partial charge in [-0.15, -0.1) is 0 Å². The first-order chi connectivity index (χ1) is 7.27. The van der Waals surface area contributed by atoms with E-state index in [2.05, 4.69) is 15.5 Å². The van der Waals surface area contributed by atoms with Crippen LogP contribution in [0.4, 0.5) is 0 Å². The Morgan fingerprint density at radius 3 is 2.73 bits per heavy atom. The lowest BCUT2D eigenvalue weighted by Crippen LogP contribution is -2.19. The average Bonchev–Trinajstić information content (AvgIpc) is 2.31. The molecule has 1 rings (SSSR count). The van der Waals surface area contributed by atoms with E-state index < -0.39 is 0 Å². The summed E-state index contributed by atoms with van der Waals surface area (Å²) in [6.45, 7) is 4.02. The first-order valence-electron chi connectivity index (χ1n) is 5.03. The molecule has 80 valence electrons. The number of carbonyl (C=O) groups excluding carboxylic acids is 1. The molecular weight excluding hydrogens is 190 g/mol. The van der Waals surface area contributed by atoms with E-state index in [-0.39, 0.29) is 5.91 Å². The van der Waals surface area contributed by atoms with Gasteiger partial charge in [0.05, 0.1) is 5.56 Å². The van der Waals surface area contributed by atoms with Crippen LogP contribution in [-0.4, -0.2) is 16.6 Å². The van der Waals surface area contributed by atoms with E-state index >= 15 is 0 Å². The molecule has 1 amide bonds. The Kier molecular flexibility index (Phi) is 4.47. The van der Waals surface area contributed by atoms with E-state index in [0.29, 0.717) is 5.56 Å². The molecule has 0 aromatic carbocycles. The third kappa shape index (κ3) is 3.50. The maximum Gasteiger partial charge on any atom is 0.272 e. The Morgan fingerprint density at radius 1 is 1.47 bits per heavy atom. The van der Waals surface area contributed by atoms with Gasteiger partial charge in [0, 0.05) is 18.1 Å². The Morgan fingerprint density at radius 2 is 2.20 bits per heavy atom. The van der Waals surface area contributed by atoms with Gasteiger partial charge in [0.1, 0.15) is 0 Å². The zero-order valence-electron chi connectivity index (χ0n) is 9.03. The summed E-state index contributed by atoms with van der Waals surface area (Å²) in [4.78, 5) is 15.4. The molecule has 0 aliphatic rings. The molecule has 15 heavy (non-hydrogen) atoms. The van der Waals surface area contributed by atoms with E-state index in [4.69, 9.17) is 0 Å². The van der Waals surface area contributed by atoms with Crippen LogP contribution in [0.2, 0.25) is 0 Å². The predicted octanol–water partition coefficient (Wildman–Crippen LogP) is 1.99. The smallest absolute Gasteiger partial charge is 0.267 e. The van der Waals surface area contributed by atoms with Crippen LogP contribution in [-0.2, 0) is 0 Å². The summed E-state index contributed by atoms with van der Waals surface area (Å²) in [7, 11) is 0. The first-order valence-corrected chi connectivity index (χ1v) is 5.03. The van der Waals surface area contributed by atoms with Crippen molar-refractivity contribution in [1.82, 2.24) is 10.4 Å². The van der Waals surface area contributed by atoms with Crippen molar-refractivity contribution >= 4 is 11.6 Å². The molecule has 0 spiro atoms. The van der Waals surface area contributed by atoms with Crippen molar-refractivity contribution in [3.8, 4) is 0 Å². The molecule has 0 atom stereocenters. The van der Waals surface area contributed by atoms with Gasteiger partial charge in [0.2, 0.25) is 0 Å². The maximum atomic E-state index is 11.5. The molecule has 1 N–H and O–H groups in total. The molecule has 1 heterocycles. The van der Waals surface area contributed by atoms with Crippen molar-refractivity contribution in [1.29, 1.82) is 0 Å². The number of hydrogen-bond donors (Lipinski definition) is 1. The molecule has 1 aromatic rings. The molecule has 4 heteroatoms. The fraction of sp³-hybridized carbons (Fsp3) is 0.364. The Hall–Kier alpha value is -1.71. The summed E-state index contributed by atoms with van der Waals surface area (Å²) in [6, 6.07) is 3.43. The van der Waals surface area contributed by atoms with Crippen LogP contribution in [0.15, 0.2) is 29.6 Å². The fourth-order valence-corrected chi connectivity index (χ4v) is 1.10. The number of aromatic nitrogens is 1. The second-order valence-electron chi connectivity index (χ2n) is 3.07. The largest absolute Gasteiger partial charge is 0.272 e. The van der Waals surface area contributed by atoms with Gasteiger partial charge >= 0.3 is 0 Å². The molecule has 4 nitrogen and oxygen atoms in total. The second-order valence-corrected chi connectivity index (χ2v) is 3.07. The summed E-state index contributed by atoms with van der Waals surface area (Å²) in [5, 5.41) is 4.03. The highest BCUT2D eigenvalue weighted by molar-refractivity contribution is 5.95. The number of amides is 1. The van der Waals surface area contributed by atoms with Crippen LogP contribution in [0.25, 0.3) is 0 Å². The zero-order valence-corrected chi connectivity index (χ0v) is 9.03. The van der Waals surface area contributed by atoms with Crippen LogP contribution in [0.3, 0.4) is 0 Å². The number of hydrogen-bond acceptors (Lipinski definition) is 3. The quantitative estimate of drug-likeness (QED) is 0.603. The van der Waals surface area contributed by atoms with Gasteiger partial charge < -0.3 is 0 Å². The van der Waals surface area contributed by atoms with Crippen LogP contribution in [0.5, 0.6) is 0 Å². The molecule has 0 bridgehead atoms. The normalized spacial score (nSPS) is 9.47. The number of hydrazone groups is 1. The SMILES string of the molecule is CCC(CC)=NNC(=O)c1cccnc1. The molecule has 0 fully saturated rings. The Balaban J connectivity index is 2.61. The van der Waals surface area contributed by atoms with E-state index in [9.17, 15) is 4.79 Å². The molecule has 0 saturated heterocycles. The number of rotatable bonds is 4. The van der Waals surface area contributed by atoms with Gasteiger partial charge in [0.25, 0.3) is 5.91 Å². The van der Waals surface area contributed by atoms with Gasteiger partial charge in [-0.25, -0.2) is 5.43 Å². The predicted molar refractivity (Wildman–Crippen MR) is 59.7 cm³/mol. The third-order valence-corrected chi connectivity index (χ3v) is 2.06. The molecule has 0 saturated carbocycles. The fourth-order valence-electron chi connectivity index (χ4n) is 1.10. The van der Waals surface area contributed by atoms with E-state index in [0.717, 1.165) is 18.6 Å². The van der Waals surface area contributed by atoms with Crippen molar-refractivity contribution in [3.05, 3.63) is 30.1 Å². The topological polar surface area (TPSA) is 54.4 Å². The third-order valence-electron chi connectivity index (χ3n) is 2.06. The molecule has 0 aliphatic heterocycles. The molecule has 0 aliphatic carbocycles. The van der Waals surface area contributed by atoms with Crippen LogP contribution >= 0.6 is 0 Å². The van der Waals surface area contributed by atoms with Gasteiger partial charge in [-0.05, 0) is 25.0 Å². The standard InChI is InChI=1S/C11H15N3O/c1-3-10(4-2)13-14-11(15)9-6-5-7-12-8-9/h5-8H,3-4H2,1-2H3,(H,14,15). The summed E-state index contributed by atoms with van der Waals surface area (Å²) in [5.74, 6) is -0.220. The minimum absolute atomic E-state index is 0.220. The molecule has 0 radical (unpaired) electrons. The van der Waals surface area contributed by atoms with Crippen LogP contribution in [0, 0.1) is 0 Å². The average molecular weight is 205 g/mol. The summed E-state index contributed by atoms with van der Waals surface area (Å²) in [6.07, 6.45) is 4.85. The zero-order chi connectivity index (χ0) is 11.1. The van der Waals surface area contributed by atoms with Crippen molar-refractivity contribution < 1.29 is 4.79 Å². The second kappa shape index (κ2) is 5.90. The monoisotopic (exact) mass is 205 g/mol. The summed E-state index contributed by atoms with van der Waals surface area (Å²) < 4.78 is 0. The highest BCUT2D eigenvalue weighted by atomic mass is 16.2. The van der Waals surface area contributed by atoms with E-state index in [1.807, 2.05) is 13.8 Å². The number of pyridine rings is 1. The van der Waals surface area contributed by atoms with Crippen molar-refractivity contribution in [2.45, 2.75) is 26.7 Å².